The van der Waals surface area contributed by atoms with Crippen LogP contribution in [-0.4, -0.2) is 36.5 Å². The lowest BCUT2D eigenvalue weighted by molar-refractivity contribution is -0.135. The summed E-state index contributed by atoms with van der Waals surface area (Å²) in [6, 6.07) is 15.6. The van der Waals surface area contributed by atoms with Gasteiger partial charge < -0.3 is 14.4 Å². The fourth-order valence-electron chi connectivity index (χ4n) is 4.22. The van der Waals surface area contributed by atoms with Gasteiger partial charge in [0.25, 0.3) is 0 Å². The molecule has 4 rings (SSSR count). The quantitative estimate of drug-likeness (QED) is 0.694. The van der Waals surface area contributed by atoms with E-state index in [9.17, 15) is 9.59 Å². The van der Waals surface area contributed by atoms with Crippen molar-refractivity contribution in [2.75, 3.05) is 19.7 Å². The van der Waals surface area contributed by atoms with Crippen molar-refractivity contribution in [1.82, 2.24) is 4.90 Å². The molecule has 1 amide bonds. The van der Waals surface area contributed by atoms with Gasteiger partial charge in [-0.1, -0.05) is 37.3 Å². The van der Waals surface area contributed by atoms with Gasteiger partial charge >= 0.3 is 5.97 Å². The Balaban J connectivity index is 1.30. The van der Waals surface area contributed by atoms with Gasteiger partial charge in [-0.15, -0.1) is 0 Å². The molecule has 1 fully saturated rings. The number of hydrogen-bond acceptors (Lipinski definition) is 4. The molecule has 2 aliphatic heterocycles. The summed E-state index contributed by atoms with van der Waals surface area (Å²) in [7, 11) is 0. The van der Waals surface area contributed by atoms with Crippen molar-refractivity contribution in [3.63, 3.8) is 0 Å². The molecule has 29 heavy (non-hydrogen) atoms. The monoisotopic (exact) mass is 393 g/mol. The summed E-state index contributed by atoms with van der Waals surface area (Å²) in [6.45, 7) is 4.03. The first-order valence-electron chi connectivity index (χ1n) is 10.4. The van der Waals surface area contributed by atoms with Crippen LogP contribution in [0.3, 0.4) is 0 Å². The summed E-state index contributed by atoms with van der Waals surface area (Å²) in [5, 5.41) is 0. The third-order valence-electron chi connectivity index (χ3n) is 5.87. The van der Waals surface area contributed by atoms with E-state index < -0.39 is 5.60 Å². The number of esters is 1. The molecule has 2 aromatic carbocycles. The van der Waals surface area contributed by atoms with E-state index in [1.807, 2.05) is 53.4 Å². The number of hydrogen-bond donors (Lipinski definition) is 0. The number of ether oxygens (including phenoxy) is 2. The minimum Gasteiger partial charge on any atom is -0.494 e. The molecule has 0 atom stereocenters. The van der Waals surface area contributed by atoms with Crippen LogP contribution in [0.1, 0.15) is 54.1 Å². The number of piperidine rings is 1. The Hall–Kier alpha value is -2.82. The van der Waals surface area contributed by atoms with E-state index in [0.717, 1.165) is 23.3 Å². The van der Waals surface area contributed by atoms with E-state index in [0.29, 0.717) is 50.9 Å². The lowest BCUT2D eigenvalue weighted by Crippen LogP contribution is -2.45. The van der Waals surface area contributed by atoms with Gasteiger partial charge in [0.15, 0.2) is 0 Å². The summed E-state index contributed by atoms with van der Waals surface area (Å²) < 4.78 is 11.4. The summed E-state index contributed by atoms with van der Waals surface area (Å²) >= 11 is 0. The highest BCUT2D eigenvalue weighted by atomic mass is 16.6. The highest BCUT2D eigenvalue weighted by molar-refractivity contribution is 5.94. The molecule has 0 aromatic heterocycles. The van der Waals surface area contributed by atoms with Gasteiger partial charge in [0.2, 0.25) is 5.91 Å². The smallest absolute Gasteiger partial charge is 0.339 e. The van der Waals surface area contributed by atoms with Crippen LogP contribution in [0.5, 0.6) is 5.75 Å². The second-order valence-electron chi connectivity index (χ2n) is 7.80. The SMILES string of the molecule is CCCOc1ccc(CCC(=O)N2CCC3(CC2)OC(=O)c2ccccc23)cc1. The first-order chi connectivity index (χ1) is 14.1. The molecular weight excluding hydrogens is 366 g/mol. The largest absolute Gasteiger partial charge is 0.494 e. The van der Waals surface area contributed by atoms with E-state index in [1.165, 1.54) is 0 Å². The minimum absolute atomic E-state index is 0.156. The average Bonchev–Trinajstić information content (AvgIpc) is 3.03. The zero-order chi connectivity index (χ0) is 20.3. The van der Waals surface area contributed by atoms with E-state index in [4.69, 9.17) is 9.47 Å². The molecule has 0 unspecified atom stereocenters. The van der Waals surface area contributed by atoms with Gasteiger partial charge in [-0.2, -0.15) is 0 Å². The molecule has 5 heteroatoms. The summed E-state index contributed by atoms with van der Waals surface area (Å²) in [6.07, 6.45) is 3.50. The molecule has 2 heterocycles. The number of likely N-dealkylation sites (tertiary alicyclic amines) is 1. The number of amides is 1. The number of aryl methyl sites for hydroxylation is 1. The number of carbonyl (C=O) groups is 2. The maximum absolute atomic E-state index is 12.7. The number of nitrogens with zero attached hydrogens (tertiary/aromatic N) is 1. The molecule has 0 N–H and O–H groups in total. The fourth-order valence-corrected chi connectivity index (χ4v) is 4.22. The van der Waals surface area contributed by atoms with Crippen molar-refractivity contribution in [3.05, 3.63) is 65.2 Å². The normalized spacial score (nSPS) is 17.1. The predicted octanol–water partition coefficient (Wildman–Crippen LogP) is 4.10. The first kappa shape index (κ1) is 19.5. The number of benzene rings is 2. The maximum atomic E-state index is 12.7. The lowest BCUT2D eigenvalue weighted by atomic mass is 9.83. The minimum atomic E-state index is -0.557. The lowest BCUT2D eigenvalue weighted by Gasteiger charge is -2.38. The van der Waals surface area contributed by atoms with Crippen LogP contribution in [0.15, 0.2) is 48.5 Å². The van der Waals surface area contributed by atoms with Crippen LogP contribution in [0.2, 0.25) is 0 Å². The second-order valence-corrected chi connectivity index (χ2v) is 7.80. The third-order valence-corrected chi connectivity index (χ3v) is 5.87. The summed E-state index contributed by atoms with van der Waals surface area (Å²) in [4.78, 5) is 26.8. The molecule has 0 bridgehead atoms. The van der Waals surface area contributed by atoms with Crippen LogP contribution in [0, 0.1) is 0 Å². The van der Waals surface area contributed by atoms with E-state index >= 15 is 0 Å². The molecule has 2 aliphatic rings. The molecule has 1 spiro atoms. The predicted molar refractivity (Wildman–Crippen MR) is 110 cm³/mol. The van der Waals surface area contributed by atoms with Gasteiger partial charge in [-0.25, -0.2) is 4.79 Å². The summed E-state index contributed by atoms with van der Waals surface area (Å²) in [5.41, 5.74) is 2.22. The Kier molecular flexibility index (Phi) is 5.56. The van der Waals surface area contributed by atoms with E-state index in [2.05, 4.69) is 6.92 Å². The zero-order valence-electron chi connectivity index (χ0n) is 16.9. The molecule has 5 nitrogen and oxygen atoms in total. The highest BCUT2D eigenvalue weighted by Gasteiger charge is 2.47. The van der Waals surface area contributed by atoms with Crippen molar-refractivity contribution in [3.8, 4) is 5.75 Å². The van der Waals surface area contributed by atoms with Gasteiger partial charge in [0, 0.05) is 37.9 Å². The van der Waals surface area contributed by atoms with Gasteiger partial charge in [0.1, 0.15) is 11.4 Å². The van der Waals surface area contributed by atoms with Gasteiger partial charge in [-0.3, -0.25) is 4.79 Å². The maximum Gasteiger partial charge on any atom is 0.339 e. The Morgan fingerprint density at radius 2 is 1.83 bits per heavy atom. The average molecular weight is 393 g/mol. The molecule has 0 aliphatic carbocycles. The van der Waals surface area contributed by atoms with Crippen LogP contribution in [-0.2, 0) is 21.6 Å². The molecular formula is C24H27NO4. The summed E-state index contributed by atoms with van der Waals surface area (Å²) in [5.74, 6) is 0.783. The molecule has 1 saturated heterocycles. The van der Waals surface area contributed by atoms with E-state index in [-0.39, 0.29) is 11.9 Å². The number of rotatable bonds is 6. The van der Waals surface area contributed by atoms with Crippen LogP contribution in [0.4, 0.5) is 0 Å². The first-order valence-corrected chi connectivity index (χ1v) is 10.4. The Labute approximate surface area is 171 Å². The number of fused-ring (bicyclic) bond motifs is 2. The standard InChI is InChI=1S/C24H27NO4/c1-2-17-28-19-10-7-18(8-11-19)9-12-22(26)25-15-13-24(14-16-25)21-6-4-3-5-20(21)23(27)29-24/h3-8,10-11H,2,9,12-17H2,1H3. The Bertz CT molecular complexity index is 882. The topological polar surface area (TPSA) is 55.8 Å². The van der Waals surface area contributed by atoms with Crippen molar-refractivity contribution < 1.29 is 19.1 Å². The van der Waals surface area contributed by atoms with Crippen LogP contribution < -0.4 is 4.74 Å². The highest BCUT2D eigenvalue weighted by Crippen LogP contribution is 2.44. The Morgan fingerprint density at radius 1 is 1.10 bits per heavy atom. The van der Waals surface area contributed by atoms with Crippen molar-refractivity contribution >= 4 is 11.9 Å². The van der Waals surface area contributed by atoms with Crippen molar-refractivity contribution in [2.24, 2.45) is 0 Å². The van der Waals surface area contributed by atoms with Crippen molar-refractivity contribution in [1.29, 1.82) is 0 Å². The van der Waals surface area contributed by atoms with Crippen LogP contribution in [0.25, 0.3) is 0 Å². The van der Waals surface area contributed by atoms with Gasteiger partial charge in [0.05, 0.1) is 12.2 Å². The second kappa shape index (κ2) is 8.27. The van der Waals surface area contributed by atoms with Gasteiger partial charge in [-0.05, 0) is 36.6 Å². The molecule has 152 valence electrons. The zero-order valence-corrected chi connectivity index (χ0v) is 16.9. The third kappa shape index (κ3) is 4.00. The number of carbonyl (C=O) groups excluding carboxylic acids is 2. The Morgan fingerprint density at radius 3 is 2.55 bits per heavy atom. The molecule has 2 aromatic rings. The molecule has 0 saturated carbocycles. The van der Waals surface area contributed by atoms with Crippen molar-refractivity contribution in [2.45, 2.75) is 44.6 Å². The molecule has 0 radical (unpaired) electrons. The van der Waals surface area contributed by atoms with E-state index in [1.54, 1.807) is 0 Å². The van der Waals surface area contributed by atoms with Crippen LogP contribution >= 0.6 is 0 Å². The fraction of sp³-hybridized carbons (Fsp3) is 0.417.